The topological polar surface area (TPSA) is 34.0 Å². The van der Waals surface area contributed by atoms with Gasteiger partial charge in [0.05, 0.1) is 5.39 Å². The number of anilines is 1. The fraction of sp³-hybridized carbons (Fsp3) is 0.250. The summed E-state index contributed by atoms with van der Waals surface area (Å²) in [5, 5.41) is 1.84. The number of rotatable bonds is 3. The van der Waals surface area contributed by atoms with Crippen LogP contribution in [-0.4, -0.2) is 27.6 Å². The summed E-state index contributed by atoms with van der Waals surface area (Å²) in [6, 6.07) is 18.4. The third kappa shape index (κ3) is 3.38. The first-order chi connectivity index (χ1) is 14.2. The van der Waals surface area contributed by atoms with Gasteiger partial charge >= 0.3 is 0 Å². The molecule has 0 saturated carbocycles. The Morgan fingerprint density at radius 2 is 1.79 bits per heavy atom. The molecule has 4 nitrogen and oxygen atoms in total. The molecular formula is C24H23ClN4. The quantitative estimate of drug-likeness (QED) is 0.423. The van der Waals surface area contributed by atoms with E-state index in [0.29, 0.717) is 5.92 Å². The summed E-state index contributed by atoms with van der Waals surface area (Å²) < 4.78 is 2.15. The molecule has 0 radical (unpaired) electrons. The fourth-order valence-electron chi connectivity index (χ4n) is 4.30. The maximum absolute atomic E-state index is 6.12. The van der Waals surface area contributed by atoms with Crippen LogP contribution in [0.5, 0.6) is 0 Å². The van der Waals surface area contributed by atoms with Crippen LogP contribution in [0.1, 0.15) is 19.8 Å². The number of hydrogen-bond acceptors (Lipinski definition) is 3. The highest BCUT2D eigenvalue weighted by molar-refractivity contribution is 6.30. The van der Waals surface area contributed by atoms with Crippen molar-refractivity contribution in [3.8, 4) is 16.8 Å². The molecular weight excluding hydrogens is 380 g/mol. The Morgan fingerprint density at radius 1 is 1.00 bits per heavy atom. The number of piperidine rings is 1. The third-order valence-corrected chi connectivity index (χ3v) is 5.96. The Kier molecular flexibility index (Phi) is 4.72. The van der Waals surface area contributed by atoms with Gasteiger partial charge in [-0.25, -0.2) is 9.97 Å². The molecule has 3 heterocycles. The summed E-state index contributed by atoms with van der Waals surface area (Å²) in [6.45, 7) is 4.39. The minimum absolute atomic E-state index is 0.673. The van der Waals surface area contributed by atoms with Crippen LogP contribution in [0.15, 0.2) is 67.1 Å². The van der Waals surface area contributed by atoms with Crippen molar-refractivity contribution >= 4 is 28.5 Å². The lowest BCUT2D eigenvalue weighted by molar-refractivity contribution is 0.445. The maximum atomic E-state index is 6.12. The first kappa shape index (κ1) is 18.2. The Balaban J connectivity index is 1.76. The lowest BCUT2D eigenvalue weighted by Gasteiger charge is -2.32. The van der Waals surface area contributed by atoms with Gasteiger partial charge in [-0.3, -0.25) is 0 Å². The molecule has 146 valence electrons. The van der Waals surface area contributed by atoms with Gasteiger partial charge in [0.2, 0.25) is 0 Å². The van der Waals surface area contributed by atoms with Crippen molar-refractivity contribution in [1.82, 2.24) is 14.5 Å². The van der Waals surface area contributed by atoms with Crippen molar-refractivity contribution in [2.45, 2.75) is 19.8 Å². The fourth-order valence-corrected chi connectivity index (χ4v) is 4.43. The number of hydrogen-bond donors (Lipinski definition) is 0. The van der Waals surface area contributed by atoms with Crippen molar-refractivity contribution in [3.05, 3.63) is 72.1 Å². The normalized spacial score (nSPS) is 17.0. The number of benzene rings is 2. The van der Waals surface area contributed by atoms with E-state index in [1.54, 1.807) is 6.33 Å². The second-order valence-corrected chi connectivity index (χ2v) is 8.28. The summed E-state index contributed by atoms with van der Waals surface area (Å²) in [5.74, 6) is 1.71. The van der Waals surface area contributed by atoms with Gasteiger partial charge in [-0.05, 0) is 48.6 Å². The van der Waals surface area contributed by atoms with E-state index in [0.717, 1.165) is 46.2 Å². The zero-order valence-electron chi connectivity index (χ0n) is 16.4. The SMILES string of the molecule is C[C@@H]1CCCN(c2ncnc3c2c(-c2ccccc2)cn3-c2ccc(Cl)cc2)C1. The Morgan fingerprint density at radius 3 is 2.55 bits per heavy atom. The highest BCUT2D eigenvalue weighted by Gasteiger charge is 2.24. The molecule has 1 fully saturated rings. The summed E-state index contributed by atoms with van der Waals surface area (Å²) in [4.78, 5) is 11.9. The largest absolute Gasteiger partial charge is 0.356 e. The molecule has 0 bridgehead atoms. The van der Waals surface area contributed by atoms with Crippen molar-refractivity contribution < 1.29 is 0 Å². The average molecular weight is 403 g/mol. The molecule has 2 aromatic heterocycles. The second-order valence-electron chi connectivity index (χ2n) is 7.84. The lowest BCUT2D eigenvalue weighted by Crippen LogP contribution is -2.35. The summed E-state index contributed by atoms with van der Waals surface area (Å²) in [5.41, 5.74) is 4.29. The molecule has 1 aliphatic rings. The van der Waals surface area contributed by atoms with Gasteiger partial charge < -0.3 is 9.47 Å². The number of nitrogens with zero attached hydrogens (tertiary/aromatic N) is 4. The van der Waals surface area contributed by atoms with E-state index in [-0.39, 0.29) is 0 Å². The van der Waals surface area contributed by atoms with Gasteiger partial charge in [-0.2, -0.15) is 0 Å². The van der Waals surface area contributed by atoms with E-state index >= 15 is 0 Å². The smallest absolute Gasteiger partial charge is 0.150 e. The predicted molar refractivity (Wildman–Crippen MR) is 120 cm³/mol. The summed E-state index contributed by atoms with van der Waals surface area (Å²) >= 11 is 6.12. The van der Waals surface area contributed by atoms with Crippen molar-refractivity contribution in [1.29, 1.82) is 0 Å². The van der Waals surface area contributed by atoms with E-state index in [9.17, 15) is 0 Å². The maximum Gasteiger partial charge on any atom is 0.150 e. The highest BCUT2D eigenvalue weighted by atomic mass is 35.5. The molecule has 5 heteroatoms. The standard InChI is InChI=1S/C24H23ClN4/c1-17-6-5-13-28(14-17)23-22-21(18-7-3-2-4-8-18)15-29(24(22)27-16-26-23)20-11-9-19(25)10-12-20/h2-4,7-12,15-17H,5-6,13-14H2,1H3/t17-/m1/s1. The molecule has 0 amide bonds. The molecule has 1 atom stereocenters. The number of fused-ring (bicyclic) bond motifs is 1. The molecule has 2 aromatic carbocycles. The van der Waals surface area contributed by atoms with Gasteiger partial charge in [0.25, 0.3) is 0 Å². The number of aromatic nitrogens is 3. The average Bonchev–Trinajstić information content (AvgIpc) is 3.15. The van der Waals surface area contributed by atoms with Crippen molar-refractivity contribution in [2.75, 3.05) is 18.0 Å². The van der Waals surface area contributed by atoms with Gasteiger partial charge in [0.1, 0.15) is 12.1 Å². The first-order valence-corrected chi connectivity index (χ1v) is 10.5. The second kappa shape index (κ2) is 7.53. The molecule has 0 aliphatic carbocycles. The third-order valence-electron chi connectivity index (χ3n) is 5.71. The first-order valence-electron chi connectivity index (χ1n) is 10.1. The van der Waals surface area contributed by atoms with E-state index in [2.05, 4.69) is 46.9 Å². The molecule has 29 heavy (non-hydrogen) atoms. The van der Waals surface area contributed by atoms with Crippen LogP contribution >= 0.6 is 11.6 Å². The van der Waals surface area contributed by atoms with Gasteiger partial charge in [-0.1, -0.05) is 48.9 Å². The summed E-state index contributed by atoms with van der Waals surface area (Å²) in [7, 11) is 0. The Bertz CT molecular complexity index is 1130. The van der Waals surface area contributed by atoms with Gasteiger partial charge in [0, 0.05) is 35.6 Å². The van der Waals surface area contributed by atoms with Crippen molar-refractivity contribution in [2.24, 2.45) is 5.92 Å². The van der Waals surface area contributed by atoms with E-state index < -0.39 is 0 Å². The molecule has 5 rings (SSSR count). The zero-order valence-corrected chi connectivity index (χ0v) is 17.2. The minimum atomic E-state index is 0.673. The zero-order chi connectivity index (χ0) is 19.8. The van der Waals surface area contributed by atoms with Crippen LogP contribution in [0.3, 0.4) is 0 Å². The van der Waals surface area contributed by atoms with Crippen LogP contribution < -0.4 is 4.90 Å². The number of halogens is 1. The molecule has 1 saturated heterocycles. The van der Waals surface area contributed by atoms with E-state index in [1.807, 2.05) is 30.3 Å². The minimum Gasteiger partial charge on any atom is -0.356 e. The lowest BCUT2D eigenvalue weighted by atomic mass is 9.99. The van der Waals surface area contributed by atoms with Crippen LogP contribution in [0.25, 0.3) is 27.8 Å². The summed E-state index contributed by atoms with van der Waals surface area (Å²) in [6.07, 6.45) is 6.35. The van der Waals surface area contributed by atoms with Gasteiger partial charge in [0.15, 0.2) is 5.65 Å². The molecule has 0 unspecified atom stereocenters. The molecule has 0 N–H and O–H groups in total. The molecule has 4 aromatic rings. The van der Waals surface area contributed by atoms with Crippen LogP contribution in [-0.2, 0) is 0 Å². The van der Waals surface area contributed by atoms with Crippen LogP contribution in [0, 0.1) is 5.92 Å². The van der Waals surface area contributed by atoms with Gasteiger partial charge in [-0.15, -0.1) is 0 Å². The van der Waals surface area contributed by atoms with E-state index in [4.69, 9.17) is 21.6 Å². The van der Waals surface area contributed by atoms with Crippen molar-refractivity contribution in [3.63, 3.8) is 0 Å². The Hall–Kier alpha value is -2.85. The Labute approximate surface area is 175 Å². The molecule has 1 aliphatic heterocycles. The predicted octanol–water partition coefficient (Wildman–Crippen LogP) is 5.98. The highest BCUT2D eigenvalue weighted by Crippen LogP contribution is 2.37. The molecule has 0 spiro atoms. The van der Waals surface area contributed by atoms with Crippen LogP contribution in [0.2, 0.25) is 5.02 Å². The van der Waals surface area contributed by atoms with Crippen LogP contribution in [0.4, 0.5) is 5.82 Å². The van der Waals surface area contributed by atoms with E-state index in [1.165, 1.54) is 18.4 Å². The monoisotopic (exact) mass is 402 g/mol.